The van der Waals surface area contributed by atoms with Crippen LogP contribution < -0.4 is 10.6 Å². The van der Waals surface area contributed by atoms with E-state index in [0.717, 1.165) is 13.1 Å². The molecule has 2 heteroatoms. The van der Waals surface area contributed by atoms with E-state index in [0.29, 0.717) is 11.6 Å². The van der Waals surface area contributed by atoms with Gasteiger partial charge < -0.3 is 10.6 Å². The molecule has 1 unspecified atom stereocenters. The Morgan fingerprint density at radius 3 is 2.58 bits per heavy atom. The monoisotopic (exact) mass is 170 g/mol. The Hall–Kier alpha value is -0.0800. The van der Waals surface area contributed by atoms with Crippen LogP contribution in [0.15, 0.2) is 0 Å². The maximum atomic E-state index is 3.58. The van der Waals surface area contributed by atoms with Crippen molar-refractivity contribution in [2.45, 2.75) is 51.6 Å². The topological polar surface area (TPSA) is 24.1 Å². The lowest BCUT2D eigenvalue weighted by Crippen LogP contribution is -2.34. The number of hydrogen-bond donors (Lipinski definition) is 2. The molecule has 1 aliphatic carbocycles. The highest BCUT2D eigenvalue weighted by Crippen LogP contribution is 2.33. The first-order valence-electron chi connectivity index (χ1n) is 5.15. The maximum absolute atomic E-state index is 3.58. The van der Waals surface area contributed by atoms with Crippen molar-refractivity contribution in [1.82, 2.24) is 10.6 Å². The molecule has 1 atom stereocenters. The Morgan fingerprint density at radius 2 is 2.08 bits per heavy atom. The zero-order chi connectivity index (χ0) is 9.03. The van der Waals surface area contributed by atoms with Gasteiger partial charge in [0.1, 0.15) is 0 Å². The van der Waals surface area contributed by atoms with Crippen LogP contribution in [0.2, 0.25) is 0 Å². The predicted molar refractivity (Wildman–Crippen MR) is 53.4 cm³/mol. The molecule has 0 aromatic carbocycles. The van der Waals surface area contributed by atoms with Gasteiger partial charge in [-0.1, -0.05) is 6.92 Å². The molecule has 12 heavy (non-hydrogen) atoms. The van der Waals surface area contributed by atoms with Crippen molar-refractivity contribution in [2.75, 3.05) is 13.1 Å². The third-order valence-electron chi connectivity index (χ3n) is 2.68. The molecule has 0 aromatic rings. The van der Waals surface area contributed by atoms with Gasteiger partial charge in [0.25, 0.3) is 0 Å². The Bertz CT molecular complexity index is 130. The summed E-state index contributed by atoms with van der Waals surface area (Å²) < 4.78 is 0. The highest BCUT2D eigenvalue weighted by Gasteiger charge is 2.36. The van der Waals surface area contributed by atoms with Crippen LogP contribution >= 0.6 is 0 Å². The number of rotatable bonds is 6. The Morgan fingerprint density at radius 1 is 1.42 bits per heavy atom. The van der Waals surface area contributed by atoms with Gasteiger partial charge >= 0.3 is 0 Å². The molecule has 0 heterocycles. The van der Waals surface area contributed by atoms with Crippen molar-refractivity contribution in [3.05, 3.63) is 0 Å². The van der Waals surface area contributed by atoms with E-state index in [-0.39, 0.29) is 0 Å². The first-order chi connectivity index (χ1) is 5.66. The lowest BCUT2D eigenvalue weighted by atomic mass is 10.2. The summed E-state index contributed by atoms with van der Waals surface area (Å²) in [6.45, 7) is 8.96. The predicted octanol–water partition coefficient (Wildman–Crippen LogP) is 1.52. The van der Waals surface area contributed by atoms with Crippen molar-refractivity contribution in [3.63, 3.8) is 0 Å². The van der Waals surface area contributed by atoms with E-state index in [1.807, 2.05) is 0 Å². The fourth-order valence-corrected chi connectivity index (χ4v) is 1.41. The second-order valence-corrected chi connectivity index (χ2v) is 4.23. The smallest absolute Gasteiger partial charge is 0.0154 e. The van der Waals surface area contributed by atoms with Crippen LogP contribution in [-0.2, 0) is 0 Å². The largest absolute Gasteiger partial charge is 0.314 e. The van der Waals surface area contributed by atoms with Crippen molar-refractivity contribution in [2.24, 2.45) is 0 Å². The second-order valence-electron chi connectivity index (χ2n) is 4.23. The van der Waals surface area contributed by atoms with Crippen molar-refractivity contribution in [1.29, 1.82) is 0 Å². The summed E-state index contributed by atoms with van der Waals surface area (Å²) >= 11 is 0. The van der Waals surface area contributed by atoms with E-state index < -0.39 is 0 Å². The van der Waals surface area contributed by atoms with Crippen molar-refractivity contribution in [3.8, 4) is 0 Å². The third-order valence-corrected chi connectivity index (χ3v) is 2.68. The van der Waals surface area contributed by atoms with Gasteiger partial charge in [-0.25, -0.2) is 0 Å². The maximum Gasteiger partial charge on any atom is 0.0154 e. The highest BCUT2D eigenvalue weighted by atomic mass is 15.0. The van der Waals surface area contributed by atoms with Crippen LogP contribution in [-0.4, -0.2) is 24.7 Å². The molecular formula is C10H22N2. The van der Waals surface area contributed by atoms with Crippen LogP contribution in [0.3, 0.4) is 0 Å². The second kappa shape index (κ2) is 4.24. The molecule has 0 aromatic heterocycles. The van der Waals surface area contributed by atoms with Gasteiger partial charge in [-0.3, -0.25) is 0 Å². The minimum absolute atomic E-state index is 0.506. The van der Waals surface area contributed by atoms with Crippen molar-refractivity contribution < 1.29 is 0 Å². The Labute approximate surface area is 76.1 Å². The first kappa shape index (κ1) is 10.0. The lowest BCUT2D eigenvalue weighted by molar-refractivity contribution is 0.465. The molecule has 72 valence electrons. The van der Waals surface area contributed by atoms with Gasteiger partial charge in [0, 0.05) is 11.6 Å². The van der Waals surface area contributed by atoms with E-state index in [2.05, 4.69) is 31.4 Å². The molecule has 0 amide bonds. The van der Waals surface area contributed by atoms with Gasteiger partial charge in [0.15, 0.2) is 0 Å². The lowest BCUT2D eigenvalue weighted by Gasteiger charge is -2.15. The van der Waals surface area contributed by atoms with Crippen LogP contribution in [0.25, 0.3) is 0 Å². The zero-order valence-electron chi connectivity index (χ0n) is 8.61. The number of hydrogen-bond acceptors (Lipinski definition) is 2. The highest BCUT2D eigenvalue weighted by molar-refractivity contribution is 4.97. The average molecular weight is 170 g/mol. The number of nitrogens with one attached hydrogen (secondary N) is 2. The summed E-state index contributed by atoms with van der Waals surface area (Å²) in [6, 6.07) is 0.657. The molecule has 2 nitrogen and oxygen atoms in total. The quantitative estimate of drug-likeness (QED) is 0.631. The van der Waals surface area contributed by atoms with Gasteiger partial charge in [0.2, 0.25) is 0 Å². The summed E-state index contributed by atoms with van der Waals surface area (Å²) in [6.07, 6.45) is 3.97. The molecule has 0 aliphatic heterocycles. The van der Waals surface area contributed by atoms with Crippen LogP contribution in [0, 0.1) is 0 Å². The average Bonchev–Trinajstić information content (AvgIpc) is 2.69. The molecule has 1 aliphatic rings. The molecule has 0 bridgehead atoms. The standard InChI is InChI=1S/C10H22N2/c1-4-11-9(2)5-8-12-10(3)6-7-10/h9,11-12H,4-8H2,1-3H3. The summed E-state index contributed by atoms with van der Waals surface area (Å²) in [5.74, 6) is 0. The van der Waals surface area contributed by atoms with Crippen LogP contribution in [0.1, 0.15) is 40.0 Å². The van der Waals surface area contributed by atoms with Crippen LogP contribution in [0.5, 0.6) is 0 Å². The normalized spacial score (nSPS) is 22.2. The van der Waals surface area contributed by atoms with Gasteiger partial charge in [0.05, 0.1) is 0 Å². The first-order valence-corrected chi connectivity index (χ1v) is 5.15. The van der Waals surface area contributed by atoms with E-state index in [1.54, 1.807) is 0 Å². The van der Waals surface area contributed by atoms with E-state index in [4.69, 9.17) is 0 Å². The van der Waals surface area contributed by atoms with E-state index in [1.165, 1.54) is 19.3 Å². The molecule has 1 fully saturated rings. The van der Waals surface area contributed by atoms with Gasteiger partial charge in [-0.15, -0.1) is 0 Å². The summed E-state index contributed by atoms with van der Waals surface area (Å²) in [7, 11) is 0. The summed E-state index contributed by atoms with van der Waals surface area (Å²) in [5.41, 5.74) is 0.506. The minimum atomic E-state index is 0.506. The fraction of sp³-hybridized carbons (Fsp3) is 1.00. The molecule has 1 saturated carbocycles. The van der Waals surface area contributed by atoms with Crippen molar-refractivity contribution >= 4 is 0 Å². The minimum Gasteiger partial charge on any atom is -0.314 e. The molecule has 0 saturated heterocycles. The van der Waals surface area contributed by atoms with Gasteiger partial charge in [-0.2, -0.15) is 0 Å². The van der Waals surface area contributed by atoms with Crippen LogP contribution in [0.4, 0.5) is 0 Å². The molecule has 1 rings (SSSR count). The van der Waals surface area contributed by atoms with E-state index in [9.17, 15) is 0 Å². The Balaban J connectivity index is 1.94. The third kappa shape index (κ3) is 3.55. The SMILES string of the molecule is CCNC(C)CCNC1(C)CC1. The van der Waals surface area contributed by atoms with E-state index >= 15 is 0 Å². The molecule has 2 N–H and O–H groups in total. The fourth-order valence-electron chi connectivity index (χ4n) is 1.41. The van der Waals surface area contributed by atoms with Gasteiger partial charge in [-0.05, 0) is 46.2 Å². The summed E-state index contributed by atoms with van der Waals surface area (Å²) in [5, 5.41) is 6.99. The Kier molecular flexibility index (Phi) is 3.53. The molecular weight excluding hydrogens is 148 g/mol. The summed E-state index contributed by atoms with van der Waals surface area (Å²) in [4.78, 5) is 0. The molecule has 0 spiro atoms. The molecule has 0 radical (unpaired) electrons. The zero-order valence-corrected chi connectivity index (χ0v) is 8.61.